The van der Waals surface area contributed by atoms with Crippen LogP contribution in [0.5, 0.6) is 0 Å². The molecule has 1 saturated heterocycles. The van der Waals surface area contributed by atoms with E-state index in [9.17, 15) is 8.42 Å². The first kappa shape index (κ1) is 21.2. The van der Waals surface area contributed by atoms with E-state index in [1.807, 2.05) is 19.1 Å². The minimum absolute atomic E-state index is 0. The van der Waals surface area contributed by atoms with Gasteiger partial charge in [-0.1, -0.05) is 24.3 Å². The molecule has 1 aliphatic rings. The van der Waals surface area contributed by atoms with Crippen molar-refractivity contribution in [3.63, 3.8) is 0 Å². The summed E-state index contributed by atoms with van der Waals surface area (Å²) in [5, 5.41) is 3.29. The fourth-order valence-corrected chi connectivity index (χ4v) is 4.06. The molecule has 0 spiro atoms. The molecule has 0 radical (unpaired) electrons. The van der Waals surface area contributed by atoms with Crippen molar-refractivity contribution in [3.05, 3.63) is 35.4 Å². The van der Waals surface area contributed by atoms with Gasteiger partial charge in [0.25, 0.3) is 0 Å². The SMILES string of the molecule is CCNC(=NCc1ccccc1C)N1CCS(=O)(=O)C(C)(C)C1.I. The van der Waals surface area contributed by atoms with Gasteiger partial charge in [-0.25, -0.2) is 13.4 Å². The van der Waals surface area contributed by atoms with Crippen LogP contribution in [0.15, 0.2) is 29.3 Å². The van der Waals surface area contributed by atoms with E-state index >= 15 is 0 Å². The summed E-state index contributed by atoms with van der Waals surface area (Å²) in [7, 11) is -3.04. The van der Waals surface area contributed by atoms with Crippen molar-refractivity contribution in [2.45, 2.75) is 39.0 Å². The predicted molar refractivity (Wildman–Crippen MR) is 111 cm³/mol. The number of aliphatic imine (C=N–C) groups is 1. The van der Waals surface area contributed by atoms with Crippen LogP contribution in [0.25, 0.3) is 0 Å². The van der Waals surface area contributed by atoms with E-state index in [0.717, 1.165) is 12.5 Å². The molecule has 0 aromatic heterocycles. The average molecular weight is 465 g/mol. The summed E-state index contributed by atoms with van der Waals surface area (Å²) in [5.74, 6) is 0.966. The quantitative estimate of drug-likeness (QED) is 0.424. The monoisotopic (exact) mass is 465 g/mol. The van der Waals surface area contributed by atoms with Crippen molar-refractivity contribution in [3.8, 4) is 0 Å². The zero-order valence-corrected chi connectivity index (χ0v) is 18.0. The second-order valence-corrected chi connectivity index (χ2v) is 9.34. The minimum atomic E-state index is -3.04. The Balaban J connectivity index is 0.00000288. The lowest BCUT2D eigenvalue weighted by Crippen LogP contribution is -2.57. The third kappa shape index (κ3) is 4.84. The van der Waals surface area contributed by atoms with E-state index in [0.29, 0.717) is 19.6 Å². The molecule has 1 N–H and O–H groups in total. The van der Waals surface area contributed by atoms with Crippen LogP contribution < -0.4 is 5.32 Å². The molecule has 24 heavy (non-hydrogen) atoms. The lowest BCUT2D eigenvalue weighted by Gasteiger charge is -2.39. The summed E-state index contributed by atoms with van der Waals surface area (Å²) < 4.78 is 23.6. The Morgan fingerprint density at radius 1 is 1.33 bits per heavy atom. The first-order chi connectivity index (χ1) is 10.8. The standard InChI is InChI=1S/C17H27N3O2S.HI/c1-5-18-16(19-12-15-9-7-6-8-14(15)2)20-10-11-23(21,22)17(3,4)13-20;/h6-9H,5,10-13H2,1-4H3,(H,18,19);1H. The molecule has 0 atom stereocenters. The number of hydrogen-bond acceptors (Lipinski definition) is 3. The second kappa shape index (κ2) is 8.51. The lowest BCUT2D eigenvalue weighted by molar-refractivity contribution is 0.353. The van der Waals surface area contributed by atoms with Crippen LogP contribution in [-0.2, 0) is 16.4 Å². The highest BCUT2D eigenvalue weighted by Crippen LogP contribution is 2.23. The number of guanidine groups is 1. The molecule has 1 aromatic carbocycles. The Hall–Kier alpha value is -0.830. The van der Waals surface area contributed by atoms with E-state index in [4.69, 9.17) is 4.99 Å². The fraction of sp³-hybridized carbons (Fsp3) is 0.588. The second-order valence-electron chi connectivity index (χ2n) is 6.60. The summed E-state index contributed by atoms with van der Waals surface area (Å²) in [6.45, 7) is 10.00. The minimum Gasteiger partial charge on any atom is -0.357 e. The van der Waals surface area contributed by atoms with Crippen molar-refractivity contribution in [2.24, 2.45) is 4.99 Å². The molecule has 0 unspecified atom stereocenters. The van der Waals surface area contributed by atoms with E-state index < -0.39 is 14.6 Å². The summed E-state index contributed by atoms with van der Waals surface area (Å²) in [4.78, 5) is 6.78. The van der Waals surface area contributed by atoms with Crippen LogP contribution >= 0.6 is 24.0 Å². The van der Waals surface area contributed by atoms with Crippen LogP contribution in [0.2, 0.25) is 0 Å². The first-order valence-electron chi connectivity index (χ1n) is 8.07. The number of halogens is 1. The number of nitrogens with one attached hydrogen (secondary N) is 1. The summed E-state index contributed by atoms with van der Waals surface area (Å²) in [6, 6.07) is 8.19. The molecule has 1 fully saturated rings. The van der Waals surface area contributed by atoms with Crippen molar-refractivity contribution >= 4 is 39.8 Å². The molecule has 1 heterocycles. The molecular formula is C17H28IN3O2S. The van der Waals surface area contributed by atoms with Crippen molar-refractivity contribution < 1.29 is 8.42 Å². The molecule has 1 aromatic rings. The van der Waals surface area contributed by atoms with Gasteiger partial charge in [-0.05, 0) is 38.8 Å². The largest absolute Gasteiger partial charge is 0.357 e. The van der Waals surface area contributed by atoms with Gasteiger partial charge in [0.15, 0.2) is 15.8 Å². The first-order valence-corrected chi connectivity index (χ1v) is 9.72. The van der Waals surface area contributed by atoms with Crippen LogP contribution in [0.3, 0.4) is 0 Å². The number of benzene rings is 1. The van der Waals surface area contributed by atoms with Gasteiger partial charge in [0.1, 0.15) is 0 Å². The van der Waals surface area contributed by atoms with Crippen LogP contribution in [0, 0.1) is 6.92 Å². The van der Waals surface area contributed by atoms with E-state index in [-0.39, 0.29) is 29.7 Å². The van der Waals surface area contributed by atoms with Crippen LogP contribution in [0.4, 0.5) is 0 Å². The maximum absolute atomic E-state index is 12.2. The maximum Gasteiger partial charge on any atom is 0.194 e. The third-order valence-corrected chi connectivity index (χ3v) is 6.87. The zero-order chi connectivity index (χ0) is 17.1. The zero-order valence-electron chi connectivity index (χ0n) is 14.9. The summed E-state index contributed by atoms with van der Waals surface area (Å²) in [6.07, 6.45) is 0. The molecular weight excluding hydrogens is 437 g/mol. The molecule has 0 amide bonds. The average Bonchev–Trinajstić information content (AvgIpc) is 2.48. The molecule has 0 saturated carbocycles. The van der Waals surface area contributed by atoms with Gasteiger partial charge in [-0.3, -0.25) is 0 Å². The van der Waals surface area contributed by atoms with Gasteiger partial charge < -0.3 is 10.2 Å². The third-order valence-electron chi connectivity index (χ3n) is 4.34. The maximum atomic E-state index is 12.2. The highest BCUT2D eigenvalue weighted by Gasteiger charge is 2.40. The lowest BCUT2D eigenvalue weighted by atomic mass is 10.1. The van der Waals surface area contributed by atoms with Crippen molar-refractivity contribution in [1.82, 2.24) is 10.2 Å². The van der Waals surface area contributed by atoms with E-state index in [1.54, 1.807) is 13.8 Å². The fourth-order valence-electron chi connectivity index (χ4n) is 2.70. The Morgan fingerprint density at radius 3 is 2.58 bits per heavy atom. The molecule has 136 valence electrons. The molecule has 0 aliphatic carbocycles. The number of aryl methyl sites for hydroxylation is 1. The molecule has 7 heteroatoms. The Bertz CT molecular complexity index is 687. The molecule has 2 rings (SSSR count). The number of rotatable bonds is 3. The van der Waals surface area contributed by atoms with E-state index in [2.05, 4.69) is 29.3 Å². The predicted octanol–water partition coefficient (Wildman–Crippen LogP) is 2.59. The van der Waals surface area contributed by atoms with Gasteiger partial charge >= 0.3 is 0 Å². The number of hydrogen-bond donors (Lipinski definition) is 1. The normalized spacial score (nSPS) is 19.5. The highest BCUT2D eigenvalue weighted by molar-refractivity contribution is 14.0. The number of nitrogens with zero attached hydrogens (tertiary/aromatic N) is 2. The Morgan fingerprint density at radius 2 is 2.00 bits per heavy atom. The summed E-state index contributed by atoms with van der Waals surface area (Å²) >= 11 is 0. The van der Waals surface area contributed by atoms with Gasteiger partial charge in [-0.15, -0.1) is 24.0 Å². The molecule has 1 aliphatic heterocycles. The highest BCUT2D eigenvalue weighted by atomic mass is 127. The van der Waals surface area contributed by atoms with Gasteiger partial charge in [0, 0.05) is 19.6 Å². The van der Waals surface area contributed by atoms with Crippen LogP contribution in [-0.4, -0.2) is 49.4 Å². The van der Waals surface area contributed by atoms with Crippen LogP contribution in [0.1, 0.15) is 31.9 Å². The van der Waals surface area contributed by atoms with Gasteiger partial charge in [0.05, 0.1) is 17.0 Å². The topological polar surface area (TPSA) is 61.8 Å². The van der Waals surface area contributed by atoms with E-state index in [1.165, 1.54) is 11.1 Å². The Kier molecular flexibility index (Phi) is 7.52. The summed E-state index contributed by atoms with van der Waals surface area (Å²) in [5.41, 5.74) is 2.40. The van der Waals surface area contributed by atoms with Crippen molar-refractivity contribution in [1.29, 1.82) is 0 Å². The van der Waals surface area contributed by atoms with Gasteiger partial charge in [-0.2, -0.15) is 0 Å². The van der Waals surface area contributed by atoms with Gasteiger partial charge in [0.2, 0.25) is 0 Å². The molecule has 5 nitrogen and oxygen atoms in total. The Labute approximate surface area is 162 Å². The molecule has 0 bridgehead atoms. The smallest absolute Gasteiger partial charge is 0.194 e. The van der Waals surface area contributed by atoms with Crippen molar-refractivity contribution in [2.75, 3.05) is 25.4 Å². The number of sulfone groups is 1.